The first-order valence-corrected chi connectivity index (χ1v) is 8.49. The molecule has 0 bridgehead atoms. The minimum Gasteiger partial charge on any atom is -0.363 e. The molecule has 0 aliphatic heterocycles. The van der Waals surface area contributed by atoms with Crippen LogP contribution >= 0.6 is 0 Å². The highest BCUT2D eigenvalue weighted by Crippen LogP contribution is 2.07. The third-order valence-corrected chi connectivity index (χ3v) is 4.45. The van der Waals surface area contributed by atoms with Crippen molar-refractivity contribution in [3.05, 3.63) is 23.9 Å². The minimum absolute atomic E-state index is 0.0868. The molecule has 0 saturated carbocycles. The molecule has 1 heterocycles. The molecule has 2 amide bonds. The molecule has 2 N–H and O–H groups in total. The van der Waals surface area contributed by atoms with E-state index in [4.69, 9.17) is 0 Å². The number of urea groups is 1. The lowest BCUT2D eigenvalue weighted by Gasteiger charge is -2.13. The number of hydrogen-bond acceptors (Lipinski definition) is 4. The highest BCUT2D eigenvalue weighted by atomic mass is 32.2. The fourth-order valence-electron chi connectivity index (χ4n) is 1.60. The Morgan fingerprint density at radius 1 is 1.38 bits per heavy atom. The number of carbonyl (C=O) groups excluding carboxylic acids is 1. The van der Waals surface area contributed by atoms with Crippen molar-refractivity contribution in [2.45, 2.75) is 25.1 Å². The first-order valence-electron chi connectivity index (χ1n) is 6.87. The van der Waals surface area contributed by atoms with Crippen molar-refractivity contribution >= 4 is 22.6 Å². The summed E-state index contributed by atoms with van der Waals surface area (Å²) in [4.78, 5) is 18.0. The summed E-state index contributed by atoms with van der Waals surface area (Å²) >= 11 is 0. The molecule has 6 nitrogen and oxygen atoms in total. The van der Waals surface area contributed by atoms with Crippen LogP contribution in [0.25, 0.3) is 0 Å². The van der Waals surface area contributed by atoms with E-state index in [1.807, 2.05) is 44.1 Å². The van der Waals surface area contributed by atoms with Gasteiger partial charge >= 0.3 is 6.03 Å². The summed E-state index contributed by atoms with van der Waals surface area (Å²) in [6.07, 6.45) is 2.37. The van der Waals surface area contributed by atoms with Gasteiger partial charge in [-0.25, -0.2) is 9.78 Å². The number of carbonyl (C=O) groups is 1. The molecular formula is C14H24N4O2S. The summed E-state index contributed by atoms with van der Waals surface area (Å²) in [6.45, 7) is 2.80. The molecule has 0 aliphatic carbocycles. The van der Waals surface area contributed by atoms with Crippen LogP contribution in [0, 0.1) is 0 Å². The molecule has 1 aromatic heterocycles. The van der Waals surface area contributed by atoms with E-state index in [1.165, 1.54) is 0 Å². The van der Waals surface area contributed by atoms with E-state index < -0.39 is 10.8 Å². The Morgan fingerprint density at radius 3 is 2.71 bits per heavy atom. The lowest BCUT2D eigenvalue weighted by molar-refractivity contribution is 0.240. The van der Waals surface area contributed by atoms with Gasteiger partial charge in [0.25, 0.3) is 0 Å². The first-order chi connectivity index (χ1) is 9.90. The van der Waals surface area contributed by atoms with Crippen molar-refractivity contribution in [1.29, 1.82) is 0 Å². The van der Waals surface area contributed by atoms with Crippen LogP contribution in [-0.2, 0) is 17.3 Å². The van der Waals surface area contributed by atoms with Gasteiger partial charge in [0.05, 0.1) is 12.2 Å². The fourth-order valence-corrected chi connectivity index (χ4v) is 2.05. The largest absolute Gasteiger partial charge is 0.363 e. The fraction of sp³-hybridized carbons (Fsp3) is 0.571. The minimum atomic E-state index is -0.852. The summed E-state index contributed by atoms with van der Waals surface area (Å²) in [5.41, 5.74) is 0.805. The molecule has 0 aromatic carbocycles. The van der Waals surface area contributed by atoms with Gasteiger partial charge in [0.15, 0.2) is 0 Å². The lowest BCUT2D eigenvalue weighted by Crippen LogP contribution is -2.36. The van der Waals surface area contributed by atoms with E-state index in [0.717, 1.165) is 11.5 Å². The zero-order valence-electron chi connectivity index (χ0n) is 13.0. The summed E-state index contributed by atoms with van der Waals surface area (Å²) in [7, 11) is 2.99. The van der Waals surface area contributed by atoms with Crippen molar-refractivity contribution in [2.24, 2.45) is 0 Å². The van der Waals surface area contributed by atoms with E-state index in [-0.39, 0.29) is 11.3 Å². The smallest absolute Gasteiger partial charge is 0.315 e. The predicted molar refractivity (Wildman–Crippen MR) is 86.9 cm³/mol. The molecular weight excluding hydrogens is 288 g/mol. The van der Waals surface area contributed by atoms with Gasteiger partial charge in [-0.05, 0) is 18.6 Å². The quantitative estimate of drug-likeness (QED) is 0.791. The van der Waals surface area contributed by atoms with Crippen LogP contribution in [0.1, 0.15) is 19.0 Å². The van der Waals surface area contributed by atoms with Crippen molar-refractivity contribution in [1.82, 2.24) is 15.6 Å². The van der Waals surface area contributed by atoms with Crippen LogP contribution in [-0.4, -0.2) is 47.4 Å². The maximum Gasteiger partial charge on any atom is 0.315 e. The summed E-state index contributed by atoms with van der Waals surface area (Å²) in [5, 5.41) is 5.60. The van der Waals surface area contributed by atoms with Gasteiger partial charge in [-0.15, -0.1) is 0 Å². The number of amides is 2. The molecule has 0 fully saturated rings. The van der Waals surface area contributed by atoms with E-state index >= 15 is 0 Å². The SMILES string of the molecule is C[C@@H](CCNC(=O)NCc1cccc(N(C)C)n1)[S@](C)=O. The molecule has 0 unspecified atom stereocenters. The van der Waals surface area contributed by atoms with Crippen LogP contribution in [0.15, 0.2) is 18.2 Å². The normalized spacial score (nSPS) is 13.3. The topological polar surface area (TPSA) is 74.3 Å². The molecule has 0 saturated heterocycles. The van der Waals surface area contributed by atoms with E-state index in [0.29, 0.717) is 19.5 Å². The third-order valence-electron chi connectivity index (χ3n) is 3.08. The maximum atomic E-state index is 11.7. The summed E-state index contributed by atoms with van der Waals surface area (Å²) in [6, 6.07) is 5.46. The Hall–Kier alpha value is -1.63. The van der Waals surface area contributed by atoms with Crippen LogP contribution in [0.3, 0.4) is 0 Å². The molecule has 0 spiro atoms. The Bertz CT molecular complexity index is 494. The van der Waals surface area contributed by atoms with E-state index in [2.05, 4.69) is 15.6 Å². The number of aromatic nitrogens is 1. The van der Waals surface area contributed by atoms with Gasteiger partial charge in [0.2, 0.25) is 0 Å². The van der Waals surface area contributed by atoms with Crippen LogP contribution in [0.2, 0.25) is 0 Å². The van der Waals surface area contributed by atoms with Crippen molar-refractivity contribution < 1.29 is 9.00 Å². The molecule has 1 aromatic rings. The zero-order valence-corrected chi connectivity index (χ0v) is 13.9. The highest BCUT2D eigenvalue weighted by molar-refractivity contribution is 7.84. The number of pyridine rings is 1. The molecule has 0 radical (unpaired) electrons. The predicted octanol–water partition coefficient (Wildman–Crippen LogP) is 1.10. The van der Waals surface area contributed by atoms with Crippen molar-refractivity contribution in [2.75, 3.05) is 31.8 Å². The molecule has 2 atom stereocenters. The van der Waals surface area contributed by atoms with Crippen LogP contribution in [0.4, 0.5) is 10.6 Å². The monoisotopic (exact) mass is 312 g/mol. The van der Waals surface area contributed by atoms with Gasteiger partial charge in [-0.3, -0.25) is 4.21 Å². The number of nitrogens with one attached hydrogen (secondary N) is 2. The van der Waals surface area contributed by atoms with E-state index in [1.54, 1.807) is 6.26 Å². The highest BCUT2D eigenvalue weighted by Gasteiger charge is 2.07. The van der Waals surface area contributed by atoms with Gasteiger partial charge in [-0.2, -0.15) is 0 Å². The lowest BCUT2D eigenvalue weighted by atomic mass is 10.3. The van der Waals surface area contributed by atoms with Crippen LogP contribution in [0.5, 0.6) is 0 Å². The number of rotatable bonds is 7. The Kier molecular flexibility index (Phi) is 7.14. The van der Waals surface area contributed by atoms with Crippen molar-refractivity contribution in [3.63, 3.8) is 0 Å². The Balaban J connectivity index is 2.33. The molecule has 1 rings (SSSR count). The molecule has 21 heavy (non-hydrogen) atoms. The standard InChI is InChI=1S/C14H24N4O2S/c1-11(21(4)20)8-9-15-14(19)16-10-12-6-5-7-13(17-12)18(2)3/h5-7,11H,8-10H2,1-4H3,(H2,15,16,19)/t11-,21-/m0/s1. The second-order valence-corrected chi connectivity index (χ2v) is 6.89. The third kappa shape index (κ3) is 6.57. The molecule has 0 aliphatic rings. The Morgan fingerprint density at radius 2 is 2.10 bits per heavy atom. The number of anilines is 1. The van der Waals surface area contributed by atoms with Crippen molar-refractivity contribution in [3.8, 4) is 0 Å². The first kappa shape index (κ1) is 17.4. The number of nitrogens with zero attached hydrogens (tertiary/aromatic N) is 2. The number of hydrogen-bond donors (Lipinski definition) is 2. The summed E-state index contributed by atoms with van der Waals surface area (Å²) < 4.78 is 11.2. The van der Waals surface area contributed by atoms with Gasteiger partial charge in [-0.1, -0.05) is 13.0 Å². The zero-order chi connectivity index (χ0) is 15.8. The Labute approximate surface area is 128 Å². The maximum absolute atomic E-state index is 11.7. The van der Waals surface area contributed by atoms with E-state index in [9.17, 15) is 9.00 Å². The van der Waals surface area contributed by atoms with Gasteiger partial charge in [0, 0.05) is 42.9 Å². The van der Waals surface area contributed by atoms with Gasteiger partial charge in [0.1, 0.15) is 5.82 Å². The summed E-state index contributed by atoms with van der Waals surface area (Å²) in [5.74, 6) is 0.856. The molecule has 118 valence electrons. The second-order valence-electron chi connectivity index (χ2n) is 5.09. The van der Waals surface area contributed by atoms with Gasteiger partial charge < -0.3 is 15.5 Å². The second kappa shape index (κ2) is 8.61. The van der Waals surface area contributed by atoms with Crippen LogP contribution < -0.4 is 15.5 Å². The average molecular weight is 312 g/mol. The molecule has 7 heteroatoms. The average Bonchev–Trinajstić information content (AvgIpc) is 2.45.